The van der Waals surface area contributed by atoms with Crippen molar-refractivity contribution >= 4 is 33.9 Å². The Hall–Kier alpha value is -3.08. The van der Waals surface area contributed by atoms with Crippen LogP contribution in [0.25, 0.3) is 10.8 Å². The third-order valence-corrected chi connectivity index (χ3v) is 3.56. The third-order valence-electron chi connectivity index (χ3n) is 3.56. The van der Waals surface area contributed by atoms with Gasteiger partial charge in [0.1, 0.15) is 5.82 Å². The minimum absolute atomic E-state index is 0.247. The van der Waals surface area contributed by atoms with E-state index in [-0.39, 0.29) is 5.56 Å². The zero-order valence-electron chi connectivity index (χ0n) is 12.0. The molecule has 0 fully saturated rings. The molecule has 2 aromatic carbocycles. The number of nitrogens with two attached hydrogens (primary N) is 1. The van der Waals surface area contributed by atoms with Crippen LogP contribution < -0.4 is 11.1 Å². The molecule has 1 aromatic heterocycles. The second kappa shape index (κ2) is 5.37. The Morgan fingerprint density at radius 1 is 1.14 bits per heavy atom. The van der Waals surface area contributed by atoms with Crippen molar-refractivity contribution in [2.75, 3.05) is 11.1 Å². The van der Waals surface area contributed by atoms with Gasteiger partial charge in [0.05, 0.1) is 5.56 Å². The summed E-state index contributed by atoms with van der Waals surface area (Å²) < 4.78 is 0. The van der Waals surface area contributed by atoms with Gasteiger partial charge >= 0.3 is 5.97 Å². The van der Waals surface area contributed by atoms with E-state index in [1.165, 1.54) is 0 Å². The first-order valence-electron chi connectivity index (χ1n) is 6.80. The number of aromatic nitrogens is 1. The molecule has 0 unspecified atom stereocenters. The van der Waals surface area contributed by atoms with Crippen LogP contribution in [0.1, 0.15) is 15.9 Å². The largest absolute Gasteiger partial charge is 0.478 e. The third kappa shape index (κ3) is 2.44. The SMILES string of the molecule is Cc1ccc(N)c2ccnc(Nc3ccc(C(=O)O)cc3)c12. The normalized spacial score (nSPS) is 10.6. The van der Waals surface area contributed by atoms with Crippen LogP contribution in [0.5, 0.6) is 0 Å². The Labute approximate surface area is 127 Å². The van der Waals surface area contributed by atoms with Crippen LogP contribution in [0.2, 0.25) is 0 Å². The maximum atomic E-state index is 10.9. The number of anilines is 3. The molecule has 0 aliphatic heterocycles. The summed E-state index contributed by atoms with van der Waals surface area (Å²) in [5, 5.41) is 14.1. The van der Waals surface area contributed by atoms with Gasteiger partial charge in [-0.25, -0.2) is 9.78 Å². The van der Waals surface area contributed by atoms with E-state index < -0.39 is 5.97 Å². The first kappa shape index (κ1) is 13.9. The number of carboxylic acids is 1. The summed E-state index contributed by atoms with van der Waals surface area (Å²) in [4.78, 5) is 15.3. The minimum atomic E-state index is -0.946. The molecule has 0 aliphatic rings. The van der Waals surface area contributed by atoms with Gasteiger partial charge in [0.15, 0.2) is 0 Å². The quantitative estimate of drug-likeness (QED) is 0.642. The number of hydrogen-bond acceptors (Lipinski definition) is 4. The van der Waals surface area contributed by atoms with E-state index in [1.54, 1.807) is 30.5 Å². The van der Waals surface area contributed by atoms with Crippen molar-refractivity contribution < 1.29 is 9.90 Å². The minimum Gasteiger partial charge on any atom is -0.478 e. The number of nitrogens with one attached hydrogen (secondary N) is 1. The standard InChI is InChI=1S/C17H15N3O2/c1-10-2-7-14(18)13-8-9-19-16(15(10)13)20-12-5-3-11(4-6-12)17(21)22/h2-9H,18H2,1H3,(H,19,20)(H,21,22). The summed E-state index contributed by atoms with van der Waals surface area (Å²) in [7, 11) is 0. The van der Waals surface area contributed by atoms with Crippen molar-refractivity contribution in [2.24, 2.45) is 0 Å². The van der Waals surface area contributed by atoms with Gasteiger partial charge in [-0.3, -0.25) is 0 Å². The van der Waals surface area contributed by atoms with Crippen molar-refractivity contribution in [2.45, 2.75) is 6.92 Å². The van der Waals surface area contributed by atoms with Gasteiger partial charge in [0, 0.05) is 28.3 Å². The molecule has 22 heavy (non-hydrogen) atoms. The van der Waals surface area contributed by atoms with E-state index in [0.717, 1.165) is 22.0 Å². The number of aromatic carboxylic acids is 1. The van der Waals surface area contributed by atoms with E-state index in [4.69, 9.17) is 10.8 Å². The van der Waals surface area contributed by atoms with Crippen molar-refractivity contribution in [1.29, 1.82) is 0 Å². The molecular weight excluding hydrogens is 278 g/mol. The molecule has 0 radical (unpaired) electrons. The molecule has 0 spiro atoms. The number of carbonyl (C=O) groups is 1. The number of carboxylic acid groups (broad SMARTS) is 1. The zero-order valence-corrected chi connectivity index (χ0v) is 12.0. The maximum absolute atomic E-state index is 10.9. The number of nitrogens with zero attached hydrogens (tertiary/aromatic N) is 1. The molecule has 0 aliphatic carbocycles. The van der Waals surface area contributed by atoms with Crippen LogP contribution in [-0.4, -0.2) is 16.1 Å². The molecule has 5 heteroatoms. The van der Waals surface area contributed by atoms with E-state index in [2.05, 4.69) is 10.3 Å². The van der Waals surface area contributed by atoms with Gasteiger partial charge in [0.25, 0.3) is 0 Å². The van der Waals surface area contributed by atoms with Gasteiger partial charge in [-0.05, 0) is 48.9 Å². The molecule has 5 nitrogen and oxygen atoms in total. The van der Waals surface area contributed by atoms with Crippen LogP contribution in [0, 0.1) is 6.92 Å². The number of aryl methyl sites for hydroxylation is 1. The van der Waals surface area contributed by atoms with Gasteiger partial charge in [0.2, 0.25) is 0 Å². The van der Waals surface area contributed by atoms with Crippen molar-refractivity contribution in [3.63, 3.8) is 0 Å². The molecule has 0 bridgehead atoms. The second-order valence-corrected chi connectivity index (χ2v) is 5.06. The summed E-state index contributed by atoms with van der Waals surface area (Å²) in [6, 6.07) is 12.3. The highest BCUT2D eigenvalue weighted by atomic mass is 16.4. The van der Waals surface area contributed by atoms with Crippen LogP contribution in [-0.2, 0) is 0 Å². The molecular formula is C17H15N3O2. The van der Waals surface area contributed by atoms with Crippen molar-refractivity contribution in [1.82, 2.24) is 4.98 Å². The van der Waals surface area contributed by atoms with Gasteiger partial charge in [-0.15, -0.1) is 0 Å². The van der Waals surface area contributed by atoms with Crippen LogP contribution >= 0.6 is 0 Å². The molecule has 0 amide bonds. The monoisotopic (exact) mass is 293 g/mol. The highest BCUT2D eigenvalue weighted by Crippen LogP contribution is 2.30. The average Bonchev–Trinajstić information content (AvgIpc) is 2.52. The zero-order chi connectivity index (χ0) is 15.7. The fraction of sp³-hybridized carbons (Fsp3) is 0.0588. The van der Waals surface area contributed by atoms with Gasteiger partial charge in [-0.2, -0.15) is 0 Å². The lowest BCUT2D eigenvalue weighted by molar-refractivity contribution is 0.0697. The molecule has 1 heterocycles. The molecule has 0 saturated carbocycles. The Bertz CT molecular complexity index is 858. The fourth-order valence-corrected chi connectivity index (χ4v) is 2.42. The first-order valence-corrected chi connectivity index (χ1v) is 6.80. The van der Waals surface area contributed by atoms with E-state index in [0.29, 0.717) is 11.5 Å². The molecule has 4 N–H and O–H groups in total. The lowest BCUT2D eigenvalue weighted by atomic mass is 10.1. The highest BCUT2D eigenvalue weighted by molar-refractivity contribution is 6.02. The summed E-state index contributed by atoms with van der Waals surface area (Å²) in [6.45, 7) is 2.00. The number of rotatable bonds is 3. The maximum Gasteiger partial charge on any atom is 0.335 e. The van der Waals surface area contributed by atoms with Crippen molar-refractivity contribution in [3.05, 3.63) is 59.8 Å². The Balaban J connectivity index is 2.04. The number of fused-ring (bicyclic) bond motifs is 1. The summed E-state index contributed by atoms with van der Waals surface area (Å²) in [5.41, 5.74) is 8.81. The lowest BCUT2D eigenvalue weighted by Gasteiger charge is -2.12. The van der Waals surface area contributed by atoms with Crippen molar-refractivity contribution in [3.8, 4) is 0 Å². The Kier molecular flexibility index (Phi) is 3.39. The Morgan fingerprint density at radius 3 is 2.55 bits per heavy atom. The summed E-state index contributed by atoms with van der Waals surface area (Å²) in [6.07, 6.45) is 1.70. The van der Waals surface area contributed by atoms with Gasteiger partial charge < -0.3 is 16.2 Å². The fourth-order valence-electron chi connectivity index (χ4n) is 2.42. The Morgan fingerprint density at radius 2 is 1.86 bits per heavy atom. The van der Waals surface area contributed by atoms with Crippen LogP contribution in [0.4, 0.5) is 17.2 Å². The number of pyridine rings is 1. The first-order chi connectivity index (χ1) is 10.6. The van der Waals surface area contributed by atoms with Crippen LogP contribution in [0.15, 0.2) is 48.7 Å². The van der Waals surface area contributed by atoms with Gasteiger partial charge in [-0.1, -0.05) is 6.07 Å². The number of benzene rings is 2. The highest BCUT2D eigenvalue weighted by Gasteiger charge is 2.08. The second-order valence-electron chi connectivity index (χ2n) is 5.06. The van der Waals surface area contributed by atoms with E-state index in [9.17, 15) is 4.79 Å². The predicted octanol–water partition coefficient (Wildman–Crippen LogP) is 3.57. The summed E-state index contributed by atoms with van der Waals surface area (Å²) >= 11 is 0. The van der Waals surface area contributed by atoms with Crippen LogP contribution in [0.3, 0.4) is 0 Å². The molecule has 0 saturated heterocycles. The molecule has 3 rings (SSSR count). The molecule has 3 aromatic rings. The molecule has 110 valence electrons. The molecule has 0 atom stereocenters. The van der Waals surface area contributed by atoms with E-state index >= 15 is 0 Å². The number of nitrogen functional groups attached to an aromatic ring is 1. The topological polar surface area (TPSA) is 88.2 Å². The smallest absolute Gasteiger partial charge is 0.335 e. The summed E-state index contributed by atoms with van der Waals surface area (Å²) in [5.74, 6) is -0.246. The number of hydrogen-bond donors (Lipinski definition) is 3. The predicted molar refractivity (Wildman–Crippen MR) is 87.6 cm³/mol. The lowest BCUT2D eigenvalue weighted by Crippen LogP contribution is -1.99. The average molecular weight is 293 g/mol. The van der Waals surface area contributed by atoms with E-state index in [1.807, 2.05) is 25.1 Å².